The van der Waals surface area contributed by atoms with Crippen molar-refractivity contribution in [1.29, 1.82) is 0 Å². The molecule has 0 saturated carbocycles. The fourth-order valence-electron chi connectivity index (χ4n) is 2.86. The minimum atomic E-state index is -0.248. The van der Waals surface area contributed by atoms with Gasteiger partial charge in [0, 0.05) is 18.8 Å². The van der Waals surface area contributed by atoms with Crippen LogP contribution in [0.1, 0.15) is 21.5 Å². The minimum absolute atomic E-state index is 0.246. The van der Waals surface area contributed by atoms with Crippen LogP contribution in [0, 0.1) is 0 Å². The number of hydrogen-bond acceptors (Lipinski definition) is 3. The van der Waals surface area contributed by atoms with E-state index in [1.54, 1.807) is 14.2 Å². The summed E-state index contributed by atoms with van der Waals surface area (Å²) in [6.45, 7) is 0. The number of ether oxygens (including phenoxy) is 1. The molecule has 4 heteroatoms. The van der Waals surface area contributed by atoms with Crippen molar-refractivity contribution in [1.82, 2.24) is 4.57 Å². The second kappa shape index (κ2) is 4.63. The number of carbonyl (C=O) groups excluding carboxylic acids is 1. The highest BCUT2D eigenvalue weighted by atomic mass is 16.5. The molecule has 0 saturated heterocycles. The molecule has 3 rings (SSSR count). The summed E-state index contributed by atoms with van der Waals surface area (Å²) in [5.74, 6) is 0.795. The summed E-state index contributed by atoms with van der Waals surface area (Å²) in [5, 5.41) is 0. The molecule has 1 aromatic heterocycles. The van der Waals surface area contributed by atoms with Gasteiger partial charge < -0.3 is 9.30 Å². The minimum Gasteiger partial charge on any atom is -0.497 e. The van der Waals surface area contributed by atoms with E-state index in [-0.39, 0.29) is 11.1 Å². The van der Waals surface area contributed by atoms with Crippen LogP contribution in [0.4, 0.5) is 0 Å². The van der Waals surface area contributed by atoms with Gasteiger partial charge in [0.15, 0.2) is 6.29 Å². The predicted octanol–water partition coefficient (Wildman–Crippen LogP) is 1.97. The molecular weight excluding hydrogens is 254 g/mol. The lowest BCUT2D eigenvalue weighted by Gasteiger charge is -2.22. The van der Waals surface area contributed by atoms with Crippen molar-refractivity contribution in [3.05, 3.63) is 51.4 Å². The summed E-state index contributed by atoms with van der Waals surface area (Å²) in [4.78, 5) is 23.5. The summed E-state index contributed by atoms with van der Waals surface area (Å²) >= 11 is 0. The van der Waals surface area contributed by atoms with E-state index >= 15 is 0 Å². The predicted molar refractivity (Wildman–Crippen MR) is 76.5 cm³/mol. The largest absolute Gasteiger partial charge is 0.497 e. The van der Waals surface area contributed by atoms with Gasteiger partial charge in [0.1, 0.15) is 5.75 Å². The van der Waals surface area contributed by atoms with Gasteiger partial charge in [-0.3, -0.25) is 9.59 Å². The Balaban J connectivity index is 2.33. The van der Waals surface area contributed by atoms with Crippen LogP contribution in [0.25, 0.3) is 11.1 Å². The maximum absolute atomic E-state index is 12.1. The number of nitrogens with zero attached hydrogens (tertiary/aromatic N) is 1. The fourth-order valence-corrected chi connectivity index (χ4v) is 2.86. The van der Waals surface area contributed by atoms with E-state index in [9.17, 15) is 9.59 Å². The van der Waals surface area contributed by atoms with Crippen LogP contribution >= 0.6 is 0 Å². The summed E-state index contributed by atoms with van der Waals surface area (Å²) in [5.41, 5.74) is 3.91. The molecule has 0 bridgehead atoms. The zero-order chi connectivity index (χ0) is 14.3. The Labute approximate surface area is 116 Å². The third kappa shape index (κ3) is 1.76. The van der Waals surface area contributed by atoms with Crippen molar-refractivity contribution in [2.75, 3.05) is 7.11 Å². The summed E-state index contributed by atoms with van der Waals surface area (Å²) < 4.78 is 6.72. The molecule has 0 radical (unpaired) electrons. The van der Waals surface area contributed by atoms with Gasteiger partial charge in [0.05, 0.1) is 12.7 Å². The van der Waals surface area contributed by atoms with Gasteiger partial charge in [0.2, 0.25) is 0 Å². The zero-order valence-electron chi connectivity index (χ0n) is 11.5. The van der Waals surface area contributed by atoms with Gasteiger partial charge in [-0.2, -0.15) is 0 Å². The number of pyridine rings is 1. The Morgan fingerprint density at radius 2 is 2.00 bits per heavy atom. The number of methoxy groups -OCH3 is 1. The average Bonchev–Trinajstić information content (AvgIpc) is 2.48. The number of hydrogen-bond donors (Lipinski definition) is 0. The lowest BCUT2D eigenvalue weighted by Crippen LogP contribution is -2.24. The standard InChI is InChI=1S/C16H15NO3/c1-17-8-11-4-3-10-7-12(20-2)5-6-13(10)15(11)14(9-18)16(17)19/h5-9H,3-4H2,1-2H3. The first kappa shape index (κ1) is 12.7. The van der Waals surface area contributed by atoms with E-state index in [1.807, 2.05) is 24.4 Å². The molecule has 4 nitrogen and oxygen atoms in total. The number of carbonyl (C=O) groups is 1. The molecule has 1 heterocycles. The van der Waals surface area contributed by atoms with Crippen LogP contribution in [0.15, 0.2) is 29.2 Å². The molecule has 0 aliphatic heterocycles. The molecule has 1 aromatic carbocycles. The zero-order valence-corrected chi connectivity index (χ0v) is 11.5. The van der Waals surface area contributed by atoms with Gasteiger partial charge in [-0.25, -0.2) is 0 Å². The number of benzene rings is 1. The number of aldehydes is 1. The Kier molecular flexibility index (Phi) is 2.93. The monoisotopic (exact) mass is 269 g/mol. The van der Waals surface area contributed by atoms with Gasteiger partial charge in [-0.1, -0.05) is 6.07 Å². The highest BCUT2D eigenvalue weighted by Crippen LogP contribution is 2.36. The third-order valence-corrected chi connectivity index (χ3v) is 3.85. The van der Waals surface area contributed by atoms with E-state index in [0.717, 1.165) is 40.8 Å². The first-order valence-corrected chi connectivity index (χ1v) is 6.50. The second-order valence-electron chi connectivity index (χ2n) is 5.00. The lowest BCUT2D eigenvalue weighted by atomic mass is 9.84. The maximum atomic E-state index is 12.1. The highest BCUT2D eigenvalue weighted by molar-refractivity contribution is 5.90. The number of fused-ring (bicyclic) bond motifs is 3. The summed E-state index contributed by atoms with van der Waals surface area (Å²) in [6, 6.07) is 5.77. The van der Waals surface area contributed by atoms with Gasteiger partial charge in [-0.15, -0.1) is 0 Å². The average molecular weight is 269 g/mol. The Morgan fingerprint density at radius 1 is 1.25 bits per heavy atom. The van der Waals surface area contributed by atoms with Crippen LogP contribution in [-0.4, -0.2) is 18.0 Å². The van der Waals surface area contributed by atoms with Crippen molar-refractivity contribution < 1.29 is 9.53 Å². The van der Waals surface area contributed by atoms with E-state index in [2.05, 4.69) is 0 Å². The fraction of sp³-hybridized carbons (Fsp3) is 0.250. The van der Waals surface area contributed by atoms with Crippen molar-refractivity contribution in [2.45, 2.75) is 12.8 Å². The topological polar surface area (TPSA) is 48.3 Å². The van der Waals surface area contributed by atoms with Crippen molar-refractivity contribution in [3.63, 3.8) is 0 Å². The highest BCUT2D eigenvalue weighted by Gasteiger charge is 2.22. The van der Waals surface area contributed by atoms with Gasteiger partial charge in [0.25, 0.3) is 5.56 Å². The van der Waals surface area contributed by atoms with E-state index < -0.39 is 0 Å². The molecule has 0 unspecified atom stereocenters. The normalized spacial score (nSPS) is 12.5. The first-order chi connectivity index (χ1) is 9.65. The Morgan fingerprint density at radius 3 is 2.70 bits per heavy atom. The summed E-state index contributed by atoms with van der Waals surface area (Å²) in [6.07, 6.45) is 4.21. The Hall–Kier alpha value is -2.36. The first-order valence-electron chi connectivity index (χ1n) is 6.50. The van der Waals surface area contributed by atoms with Crippen molar-refractivity contribution in [3.8, 4) is 16.9 Å². The lowest BCUT2D eigenvalue weighted by molar-refractivity contribution is 0.112. The van der Waals surface area contributed by atoms with Crippen LogP contribution in [0.2, 0.25) is 0 Å². The summed E-state index contributed by atoms with van der Waals surface area (Å²) in [7, 11) is 3.31. The number of rotatable bonds is 2. The molecule has 0 atom stereocenters. The van der Waals surface area contributed by atoms with Crippen LogP contribution in [0.5, 0.6) is 5.75 Å². The van der Waals surface area contributed by atoms with Crippen LogP contribution < -0.4 is 10.3 Å². The number of aryl methyl sites for hydroxylation is 3. The van der Waals surface area contributed by atoms with Gasteiger partial charge in [-0.05, 0) is 41.7 Å². The second-order valence-corrected chi connectivity index (χ2v) is 5.00. The molecule has 1 aliphatic carbocycles. The molecule has 102 valence electrons. The van der Waals surface area contributed by atoms with Crippen molar-refractivity contribution >= 4 is 6.29 Å². The van der Waals surface area contributed by atoms with E-state index in [1.165, 1.54) is 4.57 Å². The van der Waals surface area contributed by atoms with Crippen molar-refractivity contribution in [2.24, 2.45) is 7.05 Å². The molecule has 20 heavy (non-hydrogen) atoms. The SMILES string of the molecule is COc1ccc2c(c1)CCc1cn(C)c(=O)c(C=O)c1-2. The van der Waals surface area contributed by atoms with E-state index in [0.29, 0.717) is 6.29 Å². The van der Waals surface area contributed by atoms with Crippen LogP contribution in [-0.2, 0) is 19.9 Å². The molecule has 0 spiro atoms. The molecule has 0 amide bonds. The third-order valence-electron chi connectivity index (χ3n) is 3.85. The van der Waals surface area contributed by atoms with E-state index in [4.69, 9.17) is 4.74 Å². The Bertz CT molecular complexity index is 759. The van der Waals surface area contributed by atoms with Crippen LogP contribution in [0.3, 0.4) is 0 Å². The quantitative estimate of drug-likeness (QED) is 0.783. The maximum Gasteiger partial charge on any atom is 0.261 e. The smallest absolute Gasteiger partial charge is 0.261 e. The number of aromatic nitrogens is 1. The molecule has 1 aliphatic rings. The molecular formula is C16H15NO3. The van der Waals surface area contributed by atoms with Gasteiger partial charge >= 0.3 is 0 Å². The molecule has 0 N–H and O–H groups in total. The molecule has 0 fully saturated rings. The molecule has 2 aromatic rings.